The van der Waals surface area contributed by atoms with E-state index in [9.17, 15) is 9.59 Å². The Kier molecular flexibility index (Phi) is 9.49. The maximum Gasteiger partial charge on any atom is 0.242 e. The highest BCUT2D eigenvalue weighted by Gasteiger charge is 2.27. The number of halogens is 1. The van der Waals surface area contributed by atoms with Crippen LogP contribution < -0.4 is 5.32 Å². The minimum absolute atomic E-state index is 0. The van der Waals surface area contributed by atoms with Gasteiger partial charge in [-0.3, -0.25) is 9.59 Å². The molecule has 1 aliphatic rings. The molecule has 0 aromatic heterocycles. The SMILES string of the molecule is COCCN(CC(=O)N(C)C)C(=O)C1COCCN1.Cl. The Bertz CT molecular complexity index is 309. The van der Waals surface area contributed by atoms with E-state index in [0.717, 1.165) is 0 Å². The van der Waals surface area contributed by atoms with E-state index in [4.69, 9.17) is 9.47 Å². The molecule has 0 radical (unpaired) electrons. The molecule has 1 saturated heterocycles. The smallest absolute Gasteiger partial charge is 0.242 e. The monoisotopic (exact) mass is 309 g/mol. The highest BCUT2D eigenvalue weighted by atomic mass is 35.5. The van der Waals surface area contributed by atoms with E-state index in [1.807, 2.05) is 0 Å². The van der Waals surface area contributed by atoms with Gasteiger partial charge in [0.1, 0.15) is 6.04 Å². The van der Waals surface area contributed by atoms with Gasteiger partial charge in [-0.1, -0.05) is 0 Å². The van der Waals surface area contributed by atoms with Crippen molar-refractivity contribution < 1.29 is 19.1 Å². The summed E-state index contributed by atoms with van der Waals surface area (Å²) in [6, 6.07) is -0.374. The summed E-state index contributed by atoms with van der Waals surface area (Å²) in [5.74, 6) is -0.229. The number of morpholine rings is 1. The van der Waals surface area contributed by atoms with Gasteiger partial charge in [0.05, 0.1) is 26.4 Å². The maximum atomic E-state index is 12.3. The molecule has 1 heterocycles. The normalized spacial score (nSPS) is 18.1. The quantitative estimate of drug-likeness (QED) is 0.679. The molecule has 7 nitrogen and oxygen atoms in total. The summed E-state index contributed by atoms with van der Waals surface area (Å²) < 4.78 is 10.3. The van der Waals surface area contributed by atoms with E-state index in [1.54, 1.807) is 21.2 Å². The fourth-order valence-electron chi connectivity index (χ4n) is 1.72. The number of carbonyl (C=O) groups excluding carboxylic acids is 2. The standard InChI is InChI=1S/C12H23N3O4.ClH/c1-14(2)11(16)8-15(5-7-18-3)12(17)10-9-19-6-4-13-10;/h10,13H,4-9H2,1-3H3;1H. The lowest BCUT2D eigenvalue weighted by atomic mass is 10.2. The topological polar surface area (TPSA) is 71.1 Å². The zero-order valence-corrected chi connectivity index (χ0v) is 13.1. The van der Waals surface area contributed by atoms with Gasteiger partial charge >= 0.3 is 0 Å². The third kappa shape index (κ3) is 6.04. The van der Waals surface area contributed by atoms with Crippen molar-refractivity contribution in [1.29, 1.82) is 0 Å². The summed E-state index contributed by atoms with van der Waals surface area (Å²) >= 11 is 0. The second kappa shape index (κ2) is 9.93. The lowest BCUT2D eigenvalue weighted by Gasteiger charge is -2.30. The van der Waals surface area contributed by atoms with Gasteiger partial charge in [-0.15, -0.1) is 12.4 Å². The molecule has 1 rings (SSSR count). The molecule has 1 aliphatic heterocycles. The zero-order valence-electron chi connectivity index (χ0n) is 12.3. The van der Waals surface area contributed by atoms with Crippen LogP contribution in [0.1, 0.15) is 0 Å². The van der Waals surface area contributed by atoms with Crippen molar-refractivity contribution in [3.8, 4) is 0 Å². The van der Waals surface area contributed by atoms with Crippen LogP contribution in [-0.4, -0.2) is 88.3 Å². The number of hydrogen-bond donors (Lipinski definition) is 1. The molecular weight excluding hydrogens is 286 g/mol. The average molecular weight is 310 g/mol. The third-order valence-corrected chi connectivity index (χ3v) is 2.92. The van der Waals surface area contributed by atoms with E-state index >= 15 is 0 Å². The number of carbonyl (C=O) groups is 2. The van der Waals surface area contributed by atoms with Gasteiger partial charge in [0, 0.05) is 34.3 Å². The van der Waals surface area contributed by atoms with E-state index in [2.05, 4.69) is 5.32 Å². The van der Waals surface area contributed by atoms with Crippen molar-refractivity contribution >= 4 is 24.2 Å². The Morgan fingerprint density at radius 3 is 2.60 bits per heavy atom. The molecule has 20 heavy (non-hydrogen) atoms. The molecule has 1 atom stereocenters. The number of amides is 2. The second-order valence-electron chi connectivity index (χ2n) is 4.62. The van der Waals surface area contributed by atoms with Crippen LogP contribution in [0.15, 0.2) is 0 Å². The summed E-state index contributed by atoms with van der Waals surface area (Å²) in [6.07, 6.45) is 0. The Morgan fingerprint density at radius 2 is 2.10 bits per heavy atom. The number of hydrogen-bond acceptors (Lipinski definition) is 5. The average Bonchev–Trinajstić information content (AvgIpc) is 2.43. The Balaban J connectivity index is 0.00000361. The van der Waals surface area contributed by atoms with Gasteiger partial charge in [-0.2, -0.15) is 0 Å². The fourth-order valence-corrected chi connectivity index (χ4v) is 1.72. The van der Waals surface area contributed by atoms with Crippen molar-refractivity contribution in [1.82, 2.24) is 15.1 Å². The molecule has 0 aliphatic carbocycles. The number of likely N-dealkylation sites (N-methyl/N-ethyl adjacent to an activating group) is 1. The minimum atomic E-state index is -0.374. The van der Waals surface area contributed by atoms with Crippen LogP contribution in [0.4, 0.5) is 0 Å². The van der Waals surface area contributed by atoms with Crippen LogP contribution >= 0.6 is 12.4 Å². The molecule has 0 spiro atoms. The van der Waals surface area contributed by atoms with Crippen molar-refractivity contribution in [3.63, 3.8) is 0 Å². The molecule has 8 heteroatoms. The fraction of sp³-hybridized carbons (Fsp3) is 0.833. The highest BCUT2D eigenvalue weighted by Crippen LogP contribution is 2.01. The predicted octanol–water partition coefficient (Wildman–Crippen LogP) is -1.04. The van der Waals surface area contributed by atoms with Crippen LogP contribution in [0.25, 0.3) is 0 Å². The van der Waals surface area contributed by atoms with E-state index in [1.165, 1.54) is 9.80 Å². The van der Waals surface area contributed by atoms with Crippen LogP contribution in [0.2, 0.25) is 0 Å². The summed E-state index contributed by atoms with van der Waals surface area (Å²) in [4.78, 5) is 27.0. The number of ether oxygens (including phenoxy) is 2. The number of nitrogens with one attached hydrogen (secondary N) is 1. The molecule has 1 fully saturated rings. The van der Waals surface area contributed by atoms with Crippen LogP contribution in [0.5, 0.6) is 0 Å². The van der Waals surface area contributed by atoms with Gasteiger partial charge in [-0.25, -0.2) is 0 Å². The van der Waals surface area contributed by atoms with Crippen LogP contribution in [0.3, 0.4) is 0 Å². The molecule has 118 valence electrons. The zero-order chi connectivity index (χ0) is 14.3. The van der Waals surface area contributed by atoms with E-state index < -0.39 is 0 Å². The lowest BCUT2D eigenvalue weighted by Crippen LogP contribution is -2.54. The summed E-state index contributed by atoms with van der Waals surface area (Å²) in [5.41, 5.74) is 0. The van der Waals surface area contributed by atoms with Crippen LogP contribution in [0, 0.1) is 0 Å². The molecule has 2 amide bonds. The lowest BCUT2D eigenvalue weighted by molar-refractivity contribution is -0.143. The molecule has 0 bridgehead atoms. The highest BCUT2D eigenvalue weighted by molar-refractivity contribution is 5.87. The van der Waals surface area contributed by atoms with E-state index in [-0.39, 0.29) is 36.8 Å². The minimum Gasteiger partial charge on any atom is -0.383 e. The first-order valence-electron chi connectivity index (χ1n) is 6.35. The maximum absolute atomic E-state index is 12.3. The first-order valence-corrected chi connectivity index (χ1v) is 6.35. The van der Waals surface area contributed by atoms with Gasteiger partial charge < -0.3 is 24.6 Å². The molecule has 1 N–H and O–H groups in total. The largest absolute Gasteiger partial charge is 0.383 e. The molecular formula is C12H24ClN3O4. The van der Waals surface area contributed by atoms with Crippen LogP contribution in [-0.2, 0) is 19.1 Å². The Hall–Kier alpha value is -0.890. The summed E-state index contributed by atoms with van der Waals surface area (Å²) in [6.45, 7) is 2.47. The summed E-state index contributed by atoms with van der Waals surface area (Å²) in [5, 5.41) is 3.10. The second-order valence-corrected chi connectivity index (χ2v) is 4.62. The van der Waals surface area contributed by atoms with Gasteiger partial charge in [-0.05, 0) is 0 Å². The van der Waals surface area contributed by atoms with Crippen molar-refractivity contribution in [3.05, 3.63) is 0 Å². The molecule has 1 unspecified atom stereocenters. The first kappa shape index (κ1) is 19.1. The van der Waals surface area contributed by atoms with Crippen molar-refractivity contribution in [2.45, 2.75) is 6.04 Å². The van der Waals surface area contributed by atoms with Gasteiger partial charge in [0.25, 0.3) is 0 Å². The molecule has 0 saturated carbocycles. The Morgan fingerprint density at radius 1 is 1.40 bits per heavy atom. The molecule has 0 aromatic rings. The summed E-state index contributed by atoms with van der Waals surface area (Å²) in [7, 11) is 4.91. The molecule has 0 aromatic carbocycles. The van der Waals surface area contributed by atoms with Gasteiger partial charge in [0.15, 0.2) is 0 Å². The van der Waals surface area contributed by atoms with Crippen molar-refractivity contribution in [2.75, 3.05) is 60.7 Å². The van der Waals surface area contributed by atoms with Gasteiger partial charge in [0.2, 0.25) is 11.8 Å². The van der Waals surface area contributed by atoms with E-state index in [0.29, 0.717) is 32.9 Å². The number of methoxy groups -OCH3 is 1. The third-order valence-electron chi connectivity index (χ3n) is 2.92. The number of nitrogens with zero attached hydrogens (tertiary/aromatic N) is 2. The Labute approximate surface area is 126 Å². The predicted molar refractivity (Wildman–Crippen MR) is 77.0 cm³/mol. The number of rotatable bonds is 6. The van der Waals surface area contributed by atoms with Crippen molar-refractivity contribution in [2.24, 2.45) is 0 Å². The first-order chi connectivity index (χ1) is 9.06.